The Balaban J connectivity index is 1.70. The predicted octanol–water partition coefficient (Wildman–Crippen LogP) is 3.43. The number of fused-ring (bicyclic) bond motifs is 1. The molecule has 0 aliphatic carbocycles. The van der Waals surface area contributed by atoms with E-state index in [1.165, 1.54) is 12.1 Å². The molecule has 2 heterocycles. The van der Waals surface area contributed by atoms with Crippen LogP contribution in [0.25, 0.3) is 22.3 Å². The van der Waals surface area contributed by atoms with Crippen molar-refractivity contribution in [2.45, 2.75) is 19.9 Å². The minimum atomic E-state index is -0.501. The number of carbonyl (C=O) groups is 1. The van der Waals surface area contributed by atoms with Crippen LogP contribution in [0.5, 0.6) is 0 Å². The van der Waals surface area contributed by atoms with Crippen molar-refractivity contribution in [3.63, 3.8) is 0 Å². The number of hydrogen-bond acceptors (Lipinski definition) is 5. The fourth-order valence-corrected chi connectivity index (χ4v) is 3.23. The van der Waals surface area contributed by atoms with Gasteiger partial charge in [0.1, 0.15) is 11.5 Å². The fourth-order valence-electron chi connectivity index (χ4n) is 3.23. The Kier molecular flexibility index (Phi) is 4.90. The molecule has 4 aromatic rings. The lowest BCUT2D eigenvalue weighted by Gasteiger charge is -2.10. The van der Waals surface area contributed by atoms with E-state index in [4.69, 9.17) is 5.73 Å². The Morgan fingerprint density at radius 3 is 2.76 bits per heavy atom. The Morgan fingerprint density at radius 1 is 1.17 bits per heavy atom. The van der Waals surface area contributed by atoms with Gasteiger partial charge in [0.25, 0.3) is 0 Å². The second-order valence-corrected chi connectivity index (χ2v) is 6.56. The minimum Gasteiger partial charge on any atom is -0.366 e. The minimum absolute atomic E-state index is 0.287. The lowest BCUT2D eigenvalue weighted by atomic mass is 10.1. The van der Waals surface area contributed by atoms with E-state index in [1.54, 1.807) is 24.4 Å². The van der Waals surface area contributed by atoms with Gasteiger partial charge in [-0.1, -0.05) is 31.2 Å². The van der Waals surface area contributed by atoms with Gasteiger partial charge in [0.2, 0.25) is 11.7 Å². The normalized spacial score (nSPS) is 11.0. The first-order chi connectivity index (χ1) is 14.1. The Morgan fingerprint density at radius 2 is 2.00 bits per heavy atom. The number of hydrogen-bond donors (Lipinski definition) is 3. The van der Waals surface area contributed by atoms with Gasteiger partial charge in [0.15, 0.2) is 5.82 Å². The maximum absolute atomic E-state index is 13.4. The number of amides is 1. The van der Waals surface area contributed by atoms with Gasteiger partial charge in [0.05, 0.1) is 5.69 Å². The van der Waals surface area contributed by atoms with Crippen molar-refractivity contribution in [2.24, 2.45) is 5.73 Å². The lowest BCUT2D eigenvalue weighted by molar-refractivity contribution is 0.100. The van der Waals surface area contributed by atoms with E-state index < -0.39 is 5.91 Å². The van der Waals surface area contributed by atoms with Crippen molar-refractivity contribution in [1.29, 1.82) is 0 Å². The molecule has 2 aromatic heterocycles. The van der Waals surface area contributed by atoms with Gasteiger partial charge in [-0.05, 0) is 30.2 Å². The van der Waals surface area contributed by atoms with Crippen molar-refractivity contribution >= 4 is 22.5 Å². The van der Waals surface area contributed by atoms with Crippen LogP contribution in [0.3, 0.4) is 0 Å². The summed E-state index contributed by atoms with van der Waals surface area (Å²) in [4.78, 5) is 19.4. The number of carbonyl (C=O) groups excluding carboxylic acids is 1. The Hall–Kier alpha value is -3.81. The summed E-state index contributed by atoms with van der Waals surface area (Å²) in [6, 6.07) is 11.7. The number of aryl methyl sites for hydroxylation is 1. The molecule has 4 rings (SSSR count). The van der Waals surface area contributed by atoms with Crippen molar-refractivity contribution in [3.8, 4) is 11.5 Å². The second-order valence-electron chi connectivity index (χ2n) is 6.56. The summed E-state index contributed by atoms with van der Waals surface area (Å²) in [6.07, 6.45) is 2.35. The third kappa shape index (κ3) is 3.64. The lowest BCUT2D eigenvalue weighted by Crippen LogP contribution is -2.10. The van der Waals surface area contributed by atoms with Crippen LogP contribution >= 0.6 is 0 Å². The summed E-state index contributed by atoms with van der Waals surface area (Å²) in [5.41, 5.74) is 8.03. The van der Waals surface area contributed by atoms with Gasteiger partial charge in [-0.15, -0.1) is 10.2 Å². The molecule has 29 heavy (non-hydrogen) atoms. The Bertz CT molecular complexity index is 1200. The maximum atomic E-state index is 13.4. The number of H-pyrrole nitrogens is 1. The van der Waals surface area contributed by atoms with Crippen LogP contribution in [0, 0.1) is 5.82 Å². The van der Waals surface area contributed by atoms with Crippen LogP contribution < -0.4 is 11.1 Å². The van der Waals surface area contributed by atoms with E-state index in [-0.39, 0.29) is 5.82 Å². The van der Waals surface area contributed by atoms with E-state index in [9.17, 15) is 9.18 Å². The molecule has 0 unspecified atom stereocenters. The van der Waals surface area contributed by atoms with E-state index in [2.05, 4.69) is 25.5 Å². The molecule has 0 saturated carbocycles. The highest BCUT2D eigenvalue weighted by Gasteiger charge is 2.16. The smallest absolute Gasteiger partial charge is 0.249 e. The molecule has 8 heteroatoms. The predicted molar refractivity (Wildman–Crippen MR) is 109 cm³/mol. The number of nitrogens with two attached hydrogens (primary N) is 1. The molecule has 0 atom stereocenters. The van der Waals surface area contributed by atoms with E-state index >= 15 is 0 Å². The quantitative estimate of drug-likeness (QED) is 0.467. The monoisotopic (exact) mass is 390 g/mol. The summed E-state index contributed by atoms with van der Waals surface area (Å²) in [7, 11) is 0. The molecule has 0 spiro atoms. The molecule has 1 amide bonds. The topological polar surface area (TPSA) is 110 Å². The van der Waals surface area contributed by atoms with Gasteiger partial charge >= 0.3 is 0 Å². The van der Waals surface area contributed by atoms with Crippen molar-refractivity contribution in [3.05, 3.63) is 71.3 Å². The summed E-state index contributed by atoms with van der Waals surface area (Å²) < 4.78 is 13.4. The van der Waals surface area contributed by atoms with Crippen LogP contribution in [-0.2, 0) is 13.0 Å². The molecular weight excluding hydrogens is 371 g/mol. The summed E-state index contributed by atoms with van der Waals surface area (Å²) >= 11 is 0. The molecule has 7 nitrogen and oxygen atoms in total. The molecule has 0 radical (unpaired) electrons. The fraction of sp³-hybridized carbons (Fsp3) is 0.143. The highest BCUT2D eigenvalue weighted by Crippen LogP contribution is 2.28. The number of benzene rings is 2. The van der Waals surface area contributed by atoms with Crippen LogP contribution in [0.2, 0.25) is 0 Å². The summed E-state index contributed by atoms with van der Waals surface area (Å²) in [5, 5.41) is 13.2. The third-order valence-corrected chi connectivity index (χ3v) is 4.67. The number of aromatic nitrogens is 4. The average Bonchev–Trinajstić information content (AvgIpc) is 3.16. The number of rotatable bonds is 6. The van der Waals surface area contributed by atoms with E-state index in [1.807, 2.05) is 19.1 Å². The van der Waals surface area contributed by atoms with Gasteiger partial charge in [-0.25, -0.2) is 9.37 Å². The van der Waals surface area contributed by atoms with Crippen LogP contribution in [0.4, 0.5) is 10.2 Å². The van der Waals surface area contributed by atoms with Crippen LogP contribution in [0.15, 0.2) is 48.7 Å². The molecule has 0 aliphatic heterocycles. The first kappa shape index (κ1) is 18.5. The van der Waals surface area contributed by atoms with Gasteiger partial charge in [-0.3, -0.25) is 4.79 Å². The van der Waals surface area contributed by atoms with Crippen molar-refractivity contribution in [1.82, 2.24) is 20.2 Å². The van der Waals surface area contributed by atoms with E-state index in [0.717, 1.165) is 10.9 Å². The highest BCUT2D eigenvalue weighted by atomic mass is 19.1. The number of nitrogens with one attached hydrogen (secondary N) is 2. The number of anilines is 1. The van der Waals surface area contributed by atoms with Crippen molar-refractivity contribution in [2.75, 3.05) is 5.32 Å². The molecule has 4 N–H and O–H groups in total. The third-order valence-electron chi connectivity index (χ3n) is 4.67. The average molecular weight is 390 g/mol. The molecule has 0 fully saturated rings. The van der Waals surface area contributed by atoms with E-state index in [0.29, 0.717) is 46.9 Å². The van der Waals surface area contributed by atoms with Crippen LogP contribution in [0.1, 0.15) is 28.5 Å². The first-order valence-electron chi connectivity index (χ1n) is 9.19. The molecule has 0 bridgehead atoms. The zero-order chi connectivity index (χ0) is 20.4. The van der Waals surface area contributed by atoms with Gasteiger partial charge in [-0.2, -0.15) is 0 Å². The number of aromatic amines is 1. The van der Waals surface area contributed by atoms with Crippen LogP contribution in [-0.4, -0.2) is 26.1 Å². The first-order valence-corrected chi connectivity index (χ1v) is 9.19. The highest BCUT2D eigenvalue weighted by molar-refractivity contribution is 6.09. The SMILES string of the molecule is CCc1nnc(-c2[nH]cc3c(C(N)=O)cccc23)nc1NCc1cccc(F)c1. The van der Waals surface area contributed by atoms with Crippen molar-refractivity contribution < 1.29 is 9.18 Å². The Labute approximate surface area is 166 Å². The molecule has 0 aliphatic rings. The molecule has 146 valence electrons. The second kappa shape index (κ2) is 7.67. The maximum Gasteiger partial charge on any atom is 0.249 e. The van der Waals surface area contributed by atoms with Gasteiger partial charge < -0.3 is 16.0 Å². The number of halogens is 1. The summed E-state index contributed by atoms with van der Waals surface area (Å²) in [5.74, 6) is 0.180. The number of primary amides is 1. The zero-order valence-electron chi connectivity index (χ0n) is 15.7. The number of nitrogens with zero attached hydrogens (tertiary/aromatic N) is 3. The molecule has 2 aromatic carbocycles. The molecular formula is C21H19FN6O. The largest absolute Gasteiger partial charge is 0.366 e. The standard InChI is InChI=1S/C21H19FN6O/c1-2-17-20(25-10-12-5-3-6-13(22)9-12)26-21(28-27-17)18-14-7-4-8-15(19(23)29)16(14)11-24-18/h3-9,11,24H,2,10H2,1H3,(H2,23,29)(H,25,26,28). The zero-order valence-corrected chi connectivity index (χ0v) is 15.7. The molecule has 0 saturated heterocycles. The summed E-state index contributed by atoms with van der Waals surface area (Å²) in [6.45, 7) is 2.36. The van der Waals surface area contributed by atoms with Gasteiger partial charge in [0, 0.05) is 29.1 Å².